The van der Waals surface area contributed by atoms with Crippen LogP contribution in [0.3, 0.4) is 0 Å². The summed E-state index contributed by atoms with van der Waals surface area (Å²) >= 11 is 11.0. The third kappa shape index (κ3) is 3.55. The molecular weight excluding hydrogens is 336 g/mol. The molecule has 1 aromatic carbocycles. The number of benzene rings is 1. The highest BCUT2D eigenvalue weighted by Crippen LogP contribution is 2.15. The molecule has 0 spiro atoms. The maximum atomic E-state index is 12.1. The second-order valence-corrected chi connectivity index (χ2v) is 5.32. The van der Waals surface area contributed by atoms with Gasteiger partial charge in [-0.3, -0.25) is 4.98 Å². The Balaban J connectivity index is 1.80. The SMILES string of the molecule is O=C(Nc1ccc(Cl)cc1)Nn1c(-c2ccncc2)n[nH]c1=S. The van der Waals surface area contributed by atoms with E-state index in [0.29, 0.717) is 16.5 Å². The molecule has 2 heterocycles. The number of hydrogen-bond acceptors (Lipinski definition) is 4. The summed E-state index contributed by atoms with van der Waals surface area (Å²) in [6.45, 7) is 0. The fourth-order valence-electron chi connectivity index (χ4n) is 1.89. The monoisotopic (exact) mass is 346 g/mol. The molecule has 23 heavy (non-hydrogen) atoms. The van der Waals surface area contributed by atoms with Crippen molar-refractivity contribution in [2.75, 3.05) is 10.7 Å². The third-order valence-corrected chi connectivity index (χ3v) is 3.45. The quantitative estimate of drug-likeness (QED) is 0.634. The van der Waals surface area contributed by atoms with E-state index in [1.807, 2.05) is 0 Å². The van der Waals surface area contributed by atoms with Gasteiger partial charge in [0.05, 0.1) is 0 Å². The zero-order valence-corrected chi connectivity index (χ0v) is 13.2. The molecule has 9 heteroatoms. The van der Waals surface area contributed by atoms with Gasteiger partial charge >= 0.3 is 6.03 Å². The molecule has 0 atom stereocenters. The van der Waals surface area contributed by atoms with Gasteiger partial charge in [0.15, 0.2) is 5.82 Å². The van der Waals surface area contributed by atoms with Gasteiger partial charge in [0.2, 0.25) is 4.77 Å². The van der Waals surface area contributed by atoms with Crippen molar-refractivity contribution >= 4 is 35.5 Å². The third-order valence-electron chi connectivity index (χ3n) is 2.93. The summed E-state index contributed by atoms with van der Waals surface area (Å²) in [4.78, 5) is 16.1. The average molecular weight is 347 g/mol. The van der Waals surface area contributed by atoms with Crippen LogP contribution in [0.5, 0.6) is 0 Å². The summed E-state index contributed by atoms with van der Waals surface area (Å²) in [5, 5.41) is 10.0. The number of halogens is 1. The van der Waals surface area contributed by atoms with Crippen LogP contribution in [-0.2, 0) is 0 Å². The van der Waals surface area contributed by atoms with Crippen molar-refractivity contribution < 1.29 is 4.79 Å². The molecular formula is C14H11ClN6OS. The number of rotatable bonds is 3. The summed E-state index contributed by atoms with van der Waals surface area (Å²) in [5.74, 6) is 0.476. The highest BCUT2D eigenvalue weighted by Gasteiger charge is 2.11. The van der Waals surface area contributed by atoms with Gasteiger partial charge in [0.1, 0.15) is 0 Å². The fourth-order valence-corrected chi connectivity index (χ4v) is 2.19. The molecule has 0 aliphatic heterocycles. The number of nitrogens with one attached hydrogen (secondary N) is 3. The summed E-state index contributed by atoms with van der Waals surface area (Å²) in [6.07, 6.45) is 3.26. The van der Waals surface area contributed by atoms with E-state index in [0.717, 1.165) is 5.56 Å². The van der Waals surface area contributed by atoms with Gasteiger partial charge in [0.25, 0.3) is 0 Å². The molecule has 0 fully saturated rings. The van der Waals surface area contributed by atoms with Crippen molar-refractivity contribution in [2.45, 2.75) is 0 Å². The van der Waals surface area contributed by atoms with E-state index in [2.05, 4.69) is 25.9 Å². The Labute approximate surface area is 141 Å². The van der Waals surface area contributed by atoms with E-state index in [9.17, 15) is 4.79 Å². The van der Waals surface area contributed by atoms with E-state index in [4.69, 9.17) is 23.8 Å². The number of amides is 2. The Hall–Kier alpha value is -2.71. The highest BCUT2D eigenvalue weighted by atomic mass is 35.5. The number of anilines is 1. The highest BCUT2D eigenvalue weighted by molar-refractivity contribution is 7.71. The van der Waals surface area contributed by atoms with Crippen LogP contribution in [0.25, 0.3) is 11.4 Å². The number of nitrogens with zero attached hydrogens (tertiary/aromatic N) is 3. The van der Waals surface area contributed by atoms with E-state index < -0.39 is 6.03 Å². The summed E-state index contributed by atoms with van der Waals surface area (Å²) < 4.78 is 1.65. The van der Waals surface area contributed by atoms with Crippen molar-refractivity contribution in [1.29, 1.82) is 0 Å². The van der Waals surface area contributed by atoms with E-state index in [1.165, 1.54) is 4.68 Å². The van der Waals surface area contributed by atoms with Gasteiger partial charge in [0, 0.05) is 28.7 Å². The number of carbonyl (C=O) groups excluding carboxylic acids is 1. The van der Waals surface area contributed by atoms with Crippen LogP contribution in [0.2, 0.25) is 5.02 Å². The number of H-pyrrole nitrogens is 1. The summed E-state index contributed by atoms with van der Waals surface area (Å²) in [5.41, 5.74) is 4.00. The predicted molar refractivity (Wildman–Crippen MR) is 90.5 cm³/mol. The number of aromatic amines is 1. The first kappa shape index (κ1) is 15.2. The Bertz CT molecular complexity index is 874. The molecule has 0 aliphatic carbocycles. The topological polar surface area (TPSA) is 87.6 Å². The molecule has 0 bridgehead atoms. The lowest BCUT2D eigenvalue weighted by molar-refractivity contribution is 0.259. The Morgan fingerprint density at radius 2 is 1.87 bits per heavy atom. The second-order valence-electron chi connectivity index (χ2n) is 4.50. The number of urea groups is 1. The van der Waals surface area contributed by atoms with Gasteiger partial charge < -0.3 is 5.32 Å². The smallest absolute Gasteiger partial charge is 0.307 e. The van der Waals surface area contributed by atoms with Crippen LogP contribution < -0.4 is 10.7 Å². The van der Waals surface area contributed by atoms with Crippen LogP contribution in [0.4, 0.5) is 10.5 Å². The molecule has 3 aromatic rings. The minimum atomic E-state index is -0.458. The zero-order chi connectivity index (χ0) is 16.2. The van der Waals surface area contributed by atoms with Gasteiger partial charge in [-0.25, -0.2) is 20.0 Å². The van der Waals surface area contributed by atoms with Crippen molar-refractivity contribution in [3.63, 3.8) is 0 Å². The molecule has 0 aliphatic rings. The average Bonchev–Trinajstić information content (AvgIpc) is 2.91. The largest absolute Gasteiger partial charge is 0.338 e. The van der Waals surface area contributed by atoms with Gasteiger partial charge in [-0.1, -0.05) is 11.6 Å². The Kier molecular flexibility index (Phi) is 4.35. The van der Waals surface area contributed by atoms with E-state index >= 15 is 0 Å². The Morgan fingerprint density at radius 1 is 1.17 bits per heavy atom. The first-order valence-corrected chi connectivity index (χ1v) is 7.33. The minimum absolute atomic E-state index is 0.267. The molecule has 0 saturated carbocycles. The van der Waals surface area contributed by atoms with E-state index in [1.54, 1.807) is 48.8 Å². The van der Waals surface area contributed by atoms with Gasteiger partial charge in [-0.2, -0.15) is 5.10 Å². The molecule has 2 amide bonds. The van der Waals surface area contributed by atoms with Gasteiger partial charge in [-0.05, 0) is 48.6 Å². The molecule has 3 N–H and O–H groups in total. The maximum Gasteiger partial charge on any atom is 0.338 e. The zero-order valence-electron chi connectivity index (χ0n) is 11.7. The van der Waals surface area contributed by atoms with Crippen LogP contribution >= 0.6 is 23.8 Å². The maximum absolute atomic E-state index is 12.1. The van der Waals surface area contributed by atoms with Crippen molar-refractivity contribution in [2.24, 2.45) is 0 Å². The number of carbonyl (C=O) groups is 1. The molecule has 0 unspecified atom stereocenters. The molecule has 7 nitrogen and oxygen atoms in total. The lowest BCUT2D eigenvalue weighted by Crippen LogP contribution is -2.28. The standard InChI is InChI=1S/C14H11ClN6OS/c15-10-1-3-11(4-2-10)17-13(22)20-21-12(18-19-14(21)23)9-5-7-16-8-6-9/h1-8H,(H,19,23)(H2,17,20,22). The summed E-state index contributed by atoms with van der Waals surface area (Å²) in [7, 11) is 0. The first-order valence-electron chi connectivity index (χ1n) is 6.55. The molecule has 0 radical (unpaired) electrons. The number of hydrogen-bond donors (Lipinski definition) is 3. The van der Waals surface area contributed by atoms with Crippen molar-refractivity contribution in [3.05, 3.63) is 58.6 Å². The molecule has 3 rings (SSSR count). The number of aromatic nitrogens is 4. The second kappa shape index (κ2) is 6.59. The minimum Gasteiger partial charge on any atom is -0.307 e. The Morgan fingerprint density at radius 3 is 2.57 bits per heavy atom. The first-order chi connectivity index (χ1) is 11.1. The van der Waals surface area contributed by atoms with Crippen LogP contribution in [0, 0.1) is 4.77 Å². The normalized spacial score (nSPS) is 10.3. The molecule has 0 saturated heterocycles. The lowest BCUT2D eigenvalue weighted by atomic mass is 10.2. The molecule has 2 aromatic heterocycles. The van der Waals surface area contributed by atoms with Crippen LogP contribution in [-0.4, -0.2) is 25.9 Å². The summed E-state index contributed by atoms with van der Waals surface area (Å²) in [6, 6.07) is 9.83. The van der Waals surface area contributed by atoms with Crippen molar-refractivity contribution in [3.8, 4) is 11.4 Å². The van der Waals surface area contributed by atoms with Gasteiger partial charge in [-0.15, -0.1) is 0 Å². The van der Waals surface area contributed by atoms with Crippen molar-refractivity contribution in [1.82, 2.24) is 19.9 Å². The molecule has 116 valence electrons. The predicted octanol–water partition coefficient (Wildman–Crippen LogP) is 3.43. The van der Waals surface area contributed by atoms with E-state index in [-0.39, 0.29) is 4.77 Å². The number of pyridine rings is 1. The van der Waals surface area contributed by atoms with Crippen LogP contribution in [0.1, 0.15) is 0 Å². The van der Waals surface area contributed by atoms with Crippen LogP contribution in [0.15, 0.2) is 48.8 Å². The lowest BCUT2D eigenvalue weighted by Gasteiger charge is -2.10. The fraction of sp³-hybridized carbons (Fsp3) is 0.